The van der Waals surface area contributed by atoms with E-state index in [9.17, 15) is 10.2 Å². The molecule has 2 aromatic carbocycles. The Hall–Kier alpha value is -2.66. The Bertz CT molecular complexity index is 858. The number of aryl methyl sites for hydroxylation is 1. The normalized spacial score (nSPS) is 23.8. The highest BCUT2D eigenvalue weighted by atomic mass is 16.5. The highest BCUT2D eigenvalue weighted by molar-refractivity contribution is 5.51. The van der Waals surface area contributed by atoms with Gasteiger partial charge in [-0.1, -0.05) is 18.2 Å². The maximum absolute atomic E-state index is 10.0. The first-order valence-electron chi connectivity index (χ1n) is 8.71. The summed E-state index contributed by atoms with van der Waals surface area (Å²) in [5, 5.41) is 19.8. The van der Waals surface area contributed by atoms with Crippen LogP contribution in [0.3, 0.4) is 0 Å². The van der Waals surface area contributed by atoms with Gasteiger partial charge in [0, 0.05) is 5.92 Å². The fourth-order valence-corrected chi connectivity index (χ4v) is 3.89. The van der Waals surface area contributed by atoms with E-state index in [-0.39, 0.29) is 29.6 Å². The molecule has 0 radical (unpaired) electrons. The number of phenols is 2. The number of hydrogen-bond donors (Lipinski definition) is 2. The summed E-state index contributed by atoms with van der Waals surface area (Å²) in [7, 11) is 3.09. The maximum atomic E-state index is 10.0. The number of rotatable bonds is 3. The Balaban J connectivity index is 1.65. The minimum absolute atomic E-state index is 0.0616. The first kappa shape index (κ1) is 16.8. The number of methoxy groups -OCH3 is 2. The van der Waals surface area contributed by atoms with Crippen LogP contribution in [-0.4, -0.2) is 30.5 Å². The largest absolute Gasteiger partial charge is 0.504 e. The van der Waals surface area contributed by atoms with Crippen LogP contribution in [0.2, 0.25) is 0 Å². The van der Waals surface area contributed by atoms with Crippen LogP contribution < -0.4 is 9.47 Å². The third-order valence-corrected chi connectivity index (χ3v) is 5.25. The smallest absolute Gasteiger partial charge is 0.160 e. The van der Waals surface area contributed by atoms with E-state index >= 15 is 0 Å². The highest BCUT2D eigenvalue weighted by Crippen LogP contribution is 2.44. The van der Waals surface area contributed by atoms with Crippen LogP contribution in [0.4, 0.5) is 0 Å². The lowest BCUT2D eigenvalue weighted by atomic mass is 9.78. The van der Waals surface area contributed by atoms with Crippen LogP contribution in [0.25, 0.3) is 0 Å². The molecule has 0 amide bonds. The molecule has 0 saturated carbocycles. The summed E-state index contributed by atoms with van der Waals surface area (Å²) in [6.07, 6.45) is 5.85. The highest BCUT2D eigenvalue weighted by Gasteiger charge is 2.34. The molecule has 2 aromatic rings. The van der Waals surface area contributed by atoms with Gasteiger partial charge in [0.15, 0.2) is 23.0 Å². The third-order valence-electron chi connectivity index (χ3n) is 5.25. The summed E-state index contributed by atoms with van der Waals surface area (Å²) in [4.78, 5) is 0. The summed E-state index contributed by atoms with van der Waals surface area (Å²) in [5.41, 5.74) is 3.24. The van der Waals surface area contributed by atoms with Gasteiger partial charge in [-0.15, -0.1) is 0 Å². The van der Waals surface area contributed by atoms with E-state index < -0.39 is 0 Å². The van der Waals surface area contributed by atoms with E-state index in [1.54, 1.807) is 19.2 Å². The van der Waals surface area contributed by atoms with Gasteiger partial charge in [-0.2, -0.15) is 0 Å². The average molecular weight is 354 g/mol. The lowest BCUT2D eigenvalue weighted by Crippen LogP contribution is -2.31. The standard InChI is InChI=1S/C21H22O5/c1-24-20-10-13(3-6-16(20)22)18-8-5-14-15-11-21(25-2)17(23)9-12(15)4-7-19(14)26-18/h3,5-6,8-11,14,18-19,22-23H,4,7H2,1-2H3/t14-,18+,19-/m1/s1. The molecule has 136 valence electrons. The van der Waals surface area contributed by atoms with Gasteiger partial charge in [0.05, 0.1) is 20.3 Å². The van der Waals surface area contributed by atoms with Gasteiger partial charge in [0.1, 0.15) is 6.10 Å². The third kappa shape index (κ3) is 2.78. The molecule has 1 heterocycles. The molecular formula is C21H22O5. The summed E-state index contributed by atoms with van der Waals surface area (Å²) >= 11 is 0. The van der Waals surface area contributed by atoms with Crippen LogP contribution in [0.1, 0.15) is 35.1 Å². The fraction of sp³-hybridized carbons (Fsp3) is 0.333. The minimum Gasteiger partial charge on any atom is -0.504 e. The molecule has 3 atom stereocenters. The van der Waals surface area contributed by atoms with Crippen LogP contribution in [-0.2, 0) is 11.2 Å². The number of phenolic OH excluding ortho intramolecular Hbond substituents is 2. The molecule has 0 fully saturated rings. The van der Waals surface area contributed by atoms with Crippen molar-refractivity contribution in [2.45, 2.75) is 31.0 Å². The van der Waals surface area contributed by atoms with Crippen molar-refractivity contribution in [3.63, 3.8) is 0 Å². The van der Waals surface area contributed by atoms with Gasteiger partial charge in [0.25, 0.3) is 0 Å². The second kappa shape index (κ2) is 6.57. The van der Waals surface area contributed by atoms with E-state index in [4.69, 9.17) is 14.2 Å². The average Bonchev–Trinajstić information content (AvgIpc) is 2.67. The Kier molecular flexibility index (Phi) is 4.24. The van der Waals surface area contributed by atoms with Crippen LogP contribution in [0.5, 0.6) is 23.0 Å². The van der Waals surface area contributed by atoms with Crippen molar-refractivity contribution in [3.8, 4) is 23.0 Å². The predicted molar refractivity (Wildman–Crippen MR) is 97.1 cm³/mol. The van der Waals surface area contributed by atoms with Crippen molar-refractivity contribution >= 4 is 0 Å². The Labute approximate surface area is 152 Å². The molecule has 0 saturated heterocycles. The Morgan fingerprint density at radius 1 is 0.962 bits per heavy atom. The van der Waals surface area contributed by atoms with E-state index in [0.717, 1.165) is 29.5 Å². The topological polar surface area (TPSA) is 68.2 Å². The molecule has 2 N–H and O–H groups in total. The fourth-order valence-electron chi connectivity index (χ4n) is 3.89. The second-order valence-electron chi connectivity index (χ2n) is 6.70. The number of aromatic hydroxyl groups is 2. The zero-order chi connectivity index (χ0) is 18.3. The van der Waals surface area contributed by atoms with Crippen molar-refractivity contribution in [1.82, 2.24) is 0 Å². The summed E-state index contributed by atoms with van der Waals surface area (Å²) in [6.45, 7) is 0. The van der Waals surface area contributed by atoms with Crippen LogP contribution in [0.15, 0.2) is 42.5 Å². The summed E-state index contributed by atoms with van der Waals surface area (Å²) in [6, 6.07) is 9.00. The molecule has 4 rings (SSSR count). The van der Waals surface area contributed by atoms with Crippen LogP contribution in [0, 0.1) is 0 Å². The molecule has 5 nitrogen and oxygen atoms in total. The molecule has 2 aliphatic rings. The van der Waals surface area contributed by atoms with Crippen molar-refractivity contribution in [3.05, 3.63) is 59.2 Å². The Morgan fingerprint density at radius 2 is 1.73 bits per heavy atom. The lowest BCUT2D eigenvalue weighted by Gasteiger charge is -2.37. The van der Waals surface area contributed by atoms with Gasteiger partial charge in [-0.05, 0) is 53.8 Å². The zero-order valence-electron chi connectivity index (χ0n) is 14.8. The summed E-state index contributed by atoms with van der Waals surface area (Å²) in [5.74, 6) is 1.37. The zero-order valence-corrected chi connectivity index (χ0v) is 14.8. The minimum atomic E-state index is -0.175. The summed E-state index contributed by atoms with van der Waals surface area (Å²) < 4.78 is 16.8. The van der Waals surface area contributed by atoms with E-state index in [0.29, 0.717) is 11.5 Å². The molecule has 0 spiro atoms. The van der Waals surface area contributed by atoms with Crippen molar-refractivity contribution < 1.29 is 24.4 Å². The number of fused-ring (bicyclic) bond motifs is 3. The quantitative estimate of drug-likeness (QED) is 0.820. The van der Waals surface area contributed by atoms with E-state index in [1.165, 1.54) is 7.11 Å². The van der Waals surface area contributed by atoms with Crippen LogP contribution >= 0.6 is 0 Å². The molecule has 0 aromatic heterocycles. The van der Waals surface area contributed by atoms with E-state index in [2.05, 4.69) is 6.08 Å². The Morgan fingerprint density at radius 3 is 2.50 bits per heavy atom. The van der Waals surface area contributed by atoms with Gasteiger partial charge >= 0.3 is 0 Å². The lowest BCUT2D eigenvalue weighted by molar-refractivity contribution is -0.0140. The molecular weight excluding hydrogens is 332 g/mol. The SMILES string of the molecule is COc1cc([C@@H]2C=C[C@@H]3c4cc(OC)c(O)cc4CC[C@H]3O2)ccc1O. The number of ether oxygens (including phenoxy) is 3. The van der Waals surface area contributed by atoms with Crippen molar-refractivity contribution in [2.24, 2.45) is 0 Å². The molecule has 1 aliphatic carbocycles. The molecule has 26 heavy (non-hydrogen) atoms. The predicted octanol–water partition coefficient (Wildman–Crippen LogP) is 3.84. The second-order valence-corrected chi connectivity index (χ2v) is 6.70. The van der Waals surface area contributed by atoms with Gasteiger partial charge in [-0.3, -0.25) is 0 Å². The first-order chi connectivity index (χ1) is 12.6. The molecule has 1 aliphatic heterocycles. The molecule has 0 unspecified atom stereocenters. The molecule has 0 bridgehead atoms. The van der Waals surface area contributed by atoms with Crippen molar-refractivity contribution in [1.29, 1.82) is 0 Å². The van der Waals surface area contributed by atoms with Gasteiger partial charge < -0.3 is 24.4 Å². The first-order valence-corrected chi connectivity index (χ1v) is 8.71. The van der Waals surface area contributed by atoms with Gasteiger partial charge in [-0.25, -0.2) is 0 Å². The van der Waals surface area contributed by atoms with Gasteiger partial charge in [0.2, 0.25) is 0 Å². The molecule has 5 heteroatoms. The number of benzene rings is 2. The van der Waals surface area contributed by atoms with E-state index in [1.807, 2.05) is 24.3 Å². The van der Waals surface area contributed by atoms with Crippen molar-refractivity contribution in [2.75, 3.05) is 14.2 Å². The maximum Gasteiger partial charge on any atom is 0.160 e. The monoisotopic (exact) mass is 354 g/mol. The number of hydrogen-bond acceptors (Lipinski definition) is 5.